The van der Waals surface area contributed by atoms with Crippen LogP contribution in [0.1, 0.15) is 44.9 Å². The van der Waals surface area contributed by atoms with E-state index in [2.05, 4.69) is 9.80 Å². The van der Waals surface area contributed by atoms with Crippen LogP contribution in [0.5, 0.6) is 0 Å². The molecule has 5 nitrogen and oxygen atoms in total. The van der Waals surface area contributed by atoms with Gasteiger partial charge < -0.3 is 14.4 Å². The van der Waals surface area contributed by atoms with E-state index in [9.17, 15) is 4.79 Å². The van der Waals surface area contributed by atoms with Gasteiger partial charge in [0.05, 0.1) is 13.7 Å². The van der Waals surface area contributed by atoms with Gasteiger partial charge in [-0.2, -0.15) is 0 Å². The van der Waals surface area contributed by atoms with E-state index < -0.39 is 0 Å². The summed E-state index contributed by atoms with van der Waals surface area (Å²) in [6.45, 7) is 6.67. The summed E-state index contributed by atoms with van der Waals surface area (Å²) in [6, 6.07) is 0. The lowest BCUT2D eigenvalue weighted by atomic mass is 9.71. The van der Waals surface area contributed by atoms with Crippen molar-refractivity contribution >= 4 is 5.97 Å². The van der Waals surface area contributed by atoms with E-state index in [-0.39, 0.29) is 5.97 Å². The predicted octanol–water partition coefficient (Wildman–Crippen LogP) is 2.15. The fourth-order valence-electron chi connectivity index (χ4n) is 4.17. The Morgan fingerprint density at radius 2 is 1.65 bits per heavy atom. The minimum atomic E-state index is -0.123. The number of rotatable bonds is 7. The second-order valence-electron chi connectivity index (χ2n) is 7.29. The second kappa shape index (κ2) is 9.60. The van der Waals surface area contributed by atoms with Crippen LogP contribution in [0.3, 0.4) is 0 Å². The topological polar surface area (TPSA) is 42.0 Å². The van der Waals surface area contributed by atoms with E-state index in [1.807, 2.05) is 7.11 Å². The molecule has 1 aliphatic heterocycles. The van der Waals surface area contributed by atoms with Crippen molar-refractivity contribution in [3.05, 3.63) is 0 Å². The highest BCUT2D eigenvalue weighted by Crippen LogP contribution is 2.40. The van der Waals surface area contributed by atoms with Crippen molar-refractivity contribution in [2.45, 2.75) is 44.9 Å². The van der Waals surface area contributed by atoms with Gasteiger partial charge in [0.1, 0.15) is 0 Å². The van der Waals surface area contributed by atoms with Crippen LogP contribution in [0.25, 0.3) is 0 Å². The van der Waals surface area contributed by atoms with Crippen LogP contribution in [0.2, 0.25) is 0 Å². The van der Waals surface area contributed by atoms with E-state index in [1.54, 1.807) is 0 Å². The SMILES string of the molecule is COCCC1(CN2CCCN(CC(=O)OC)CC2)CCCCC1. The molecule has 0 amide bonds. The number of ether oxygens (including phenoxy) is 2. The Balaban J connectivity index is 1.86. The first-order chi connectivity index (χ1) is 11.2. The zero-order valence-electron chi connectivity index (χ0n) is 15.0. The van der Waals surface area contributed by atoms with Gasteiger partial charge in [-0.15, -0.1) is 0 Å². The number of nitrogens with zero attached hydrogens (tertiary/aromatic N) is 2. The number of carbonyl (C=O) groups is 1. The average Bonchev–Trinajstić information content (AvgIpc) is 2.79. The molecule has 1 aliphatic carbocycles. The molecule has 0 unspecified atom stereocenters. The number of hydrogen-bond donors (Lipinski definition) is 0. The van der Waals surface area contributed by atoms with Crippen LogP contribution in [-0.2, 0) is 14.3 Å². The highest BCUT2D eigenvalue weighted by Gasteiger charge is 2.34. The molecule has 0 spiro atoms. The minimum Gasteiger partial charge on any atom is -0.468 e. The quantitative estimate of drug-likeness (QED) is 0.671. The molecule has 0 N–H and O–H groups in total. The first-order valence-electron chi connectivity index (χ1n) is 9.18. The van der Waals surface area contributed by atoms with Crippen molar-refractivity contribution in [1.29, 1.82) is 0 Å². The standard InChI is InChI=1S/C18H34N2O3/c1-22-14-9-18(7-4-3-5-8-18)16-20-11-6-10-19(12-13-20)15-17(21)23-2/h3-16H2,1-2H3. The van der Waals surface area contributed by atoms with E-state index in [1.165, 1.54) is 52.2 Å². The summed E-state index contributed by atoms with van der Waals surface area (Å²) in [4.78, 5) is 16.3. The third-order valence-electron chi connectivity index (χ3n) is 5.57. The highest BCUT2D eigenvalue weighted by atomic mass is 16.5. The Morgan fingerprint density at radius 1 is 0.957 bits per heavy atom. The van der Waals surface area contributed by atoms with Crippen molar-refractivity contribution in [3.63, 3.8) is 0 Å². The molecule has 1 heterocycles. The van der Waals surface area contributed by atoms with Gasteiger partial charge in [0.2, 0.25) is 0 Å². The summed E-state index contributed by atoms with van der Waals surface area (Å²) >= 11 is 0. The van der Waals surface area contributed by atoms with Crippen LogP contribution < -0.4 is 0 Å². The molecule has 2 fully saturated rings. The minimum absolute atomic E-state index is 0.123. The Hall–Kier alpha value is -0.650. The molecular formula is C18H34N2O3. The van der Waals surface area contributed by atoms with Gasteiger partial charge in [-0.3, -0.25) is 9.69 Å². The van der Waals surface area contributed by atoms with Crippen LogP contribution in [0, 0.1) is 5.41 Å². The Kier molecular flexibility index (Phi) is 7.80. The molecule has 1 saturated carbocycles. The molecule has 134 valence electrons. The predicted molar refractivity (Wildman–Crippen MR) is 91.5 cm³/mol. The van der Waals surface area contributed by atoms with Gasteiger partial charge >= 0.3 is 5.97 Å². The molecule has 0 bridgehead atoms. The van der Waals surface area contributed by atoms with Crippen LogP contribution in [-0.4, -0.2) is 75.9 Å². The Bertz CT molecular complexity index is 356. The normalized spacial score (nSPS) is 23.4. The first kappa shape index (κ1) is 18.7. The van der Waals surface area contributed by atoms with Gasteiger partial charge in [-0.1, -0.05) is 19.3 Å². The number of carbonyl (C=O) groups excluding carboxylic acids is 1. The molecule has 0 aromatic carbocycles. The summed E-state index contributed by atoms with van der Waals surface area (Å²) in [5.74, 6) is -0.123. The second-order valence-corrected chi connectivity index (χ2v) is 7.29. The zero-order chi connectivity index (χ0) is 16.5. The summed E-state index contributed by atoms with van der Waals surface area (Å²) in [5, 5.41) is 0. The first-order valence-corrected chi connectivity index (χ1v) is 9.18. The van der Waals surface area contributed by atoms with Crippen molar-refractivity contribution < 1.29 is 14.3 Å². The van der Waals surface area contributed by atoms with Crippen LogP contribution in [0.4, 0.5) is 0 Å². The largest absolute Gasteiger partial charge is 0.468 e. The van der Waals surface area contributed by atoms with Gasteiger partial charge in [-0.25, -0.2) is 0 Å². The molecule has 5 heteroatoms. The van der Waals surface area contributed by atoms with Gasteiger partial charge in [0.15, 0.2) is 0 Å². The number of hydrogen-bond acceptors (Lipinski definition) is 5. The van der Waals surface area contributed by atoms with E-state index in [4.69, 9.17) is 9.47 Å². The third-order valence-corrected chi connectivity index (χ3v) is 5.57. The molecule has 1 saturated heterocycles. The smallest absolute Gasteiger partial charge is 0.319 e. The maximum absolute atomic E-state index is 11.5. The lowest BCUT2D eigenvalue weighted by molar-refractivity contribution is -0.141. The maximum atomic E-state index is 11.5. The van der Waals surface area contributed by atoms with Crippen LogP contribution in [0.15, 0.2) is 0 Å². The molecule has 0 atom stereocenters. The molecule has 0 aromatic heterocycles. The molecule has 23 heavy (non-hydrogen) atoms. The average molecular weight is 326 g/mol. The molecule has 0 aromatic rings. The molecular weight excluding hydrogens is 292 g/mol. The van der Waals surface area contributed by atoms with Gasteiger partial charge in [-0.05, 0) is 37.6 Å². The van der Waals surface area contributed by atoms with E-state index in [0.29, 0.717) is 12.0 Å². The summed E-state index contributed by atoms with van der Waals surface area (Å²) in [7, 11) is 3.28. The lowest BCUT2D eigenvalue weighted by Gasteiger charge is -2.41. The van der Waals surface area contributed by atoms with Gasteiger partial charge in [0.25, 0.3) is 0 Å². The van der Waals surface area contributed by atoms with Crippen LogP contribution >= 0.6 is 0 Å². The zero-order valence-corrected chi connectivity index (χ0v) is 15.0. The number of esters is 1. The summed E-state index contributed by atoms with van der Waals surface area (Å²) in [5.41, 5.74) is 0.450. The fraction of sp³-hybridized carbons (Fsp3) is 0.944. The Labute approximate surface area is 141 Å². The molecule has 0 radical (unpaired) electrons. The van der Waals surface area contributed by atoms with Crippen molar-refractivity contribution in [2.75, 3.05) is 60.1 Å². The molecule has 2 rings (SSSR count). The lowest BCUT2D eigenvalue weighted by Crippen LogP contribution is -2.42. The summed E-state index contributed by atoms with van der Waals surface area (Å²) in [6.07, 6.45) is 9.14. The number of methoxy groups -OCH3 is 2. The van der Waals surface area contributed by atoms with E-state index >= 15 is 0 Å². The van der Waals surface area contributed by atoms with Crippen molar-refractivity contribution in [1.82, 2.24) is 9.80 Å². The van der Waals surface area contributed by atoms with Gasteiger partial charge in [0, 0.05) is 39.9 Å². The highest BCUT2D eigenvalue weighted by molar-refractivity contribution is 5.71. The monoisotopic (exact) mass is 326 g/mol. The molecule has 2 aliphatic rings. The summed E-state index contributed by atoms with van der Waals surface area (Å²) < 4.78 is 10.2. The maximum Gasteiger partial charge on any atom is 0.319 e. The van der Waals surface area contributed by atoms with Crippen molar-refractivity contribution in [2.24, 2.45) is 5.41 Å². The third kappa shape index (κ3) is 6.05. The van der Waals surface area contributed by atoms with E-state index in [0.717, 1.165) is 39.2 Å². The Morgan fingerprint density at radius 3 is 2.35 bits per heavy atom. The fourth-order valence-corrected chi connectivity index (χ4v) is 4.17. The van der Waals surface area contributed by atoms with Crippen molar-refractivity contribution in [3.8, 4) is 0 Å².